The maximum atomic E-state index is 11.8. The molecule has 0 aliphatic carbocycles. The molecule has 3 aromatic rings. The molecule has 0 saturated heterocycles. The highest BCUT2D eigenvalue weighted by atomic mass is 127. The summed E-state index contributed by atoms with van der Waals surface area (Å²) >= 11 is -0.0810. The summed E-state index contributed by atoms with van der Waals surface area (Å²) in [5, 5.41) is 16.0. The van der Waals surface area contributed by atoms with E-state index in [2.05, 4.69) is 33.2 Å². The van der Waals surface area contributed by atoms with Crippen LogP contribution >= 0.6 is 22.6 Å². The van der Waals surface area contributed by atoms with Crippen molar-refractivity contribution < 1.29 is 28.1 Å². The normalized spacial score (nSPS) is 12.5. The van der Waals surface area contributed by atoms with Crippen molar-refractivity contribution in [2.24, 2.45) is 0 Å². The molecule has 0 amide bonds. The van der Waals surface area contributed by atoms with Crippen molar-refractivity contribution in [2.45, 2.75) is 24.2 Å². The SMILES string of the molecule is CNc1c(N)cc(C(CC(=O)O)c2ccc(C)c(NCCOc3ccc(I)cc3S(=O)O)c2)cc1OC. The third-order valence-corrected chi connectivity index (χ3v) is 7.21. The first-order chi connectivity index (χ1) is 17.6. The average molecular weight is 640 g/mol. The summed E-state index contributed by atoms with van der Waals surface area (Å²) in [6, 6.07) is 14.4. The van der Waals surface area contributed by atoms with Crippen molar-refractivity contribution in [3.8, 4) is 11.5 Å². The number of nitrogens with two attached hydrogens (primary N) is 1. The van der Waals surface area contributed by atoms with Gasteiger partial charge >= 0.3 is 5.97 Å². The van der Waals surface area contributed by atoms with Crippen molar-refractivity contribution in [1.29, 1.82) is 0 Å². The lowest BCUT2D eigenvalue weighted by molar-refractivity contribution is -0.137. The predicted octanol–water partition coefficient (Wildman–Crippen LogP) is 4.91. The largest absolute Gasteiger partial charge is 0.494 e. The van der Waals surface area contributed by atoms with E-state index >= 15 is 0 Å². The van der Waals surface area contributed by atoms with Crippen LogP contribution in [-0.2, 0) is 15.9 Å². The van der Waals surface area contributed by atoms with Crippen LogP contribution in [0, 0.1) is 10.5 Å². The Morgan fingerprint density at radius 3 is 2.54 bits per heavy atom. The standard InChI is InChI=1S/C26H30IN3O6S/c1-15-4-5-16(19(14-25(31)32)17-10-20(28)26(29-2)23(12-17)35-3)11-21(15)30-8-9-36-22-7-6-18(27)13-24(22)37(33)34/h4-7,10-13,19,29-30H,8-9,14,28H2,1-3H3,(H,31,32)(H,33,34). The van der Waals surface area contributed by atoms with Gasteiger partial charge in [0, 0.05) is 28.8 Å². The number of carbonyl (C=O) groups is 1. The van der Waals surface area contributed by atoms with E-state index in [-0.39, 0.29) is 17.9 Å². The predicted molar refractivity (Wildman–Crippen MR) is 154 cm³/mol. The smallest absolute Gasteiger partial charge is 0.304 e. The summed E-state index contributed by atoms with van der Waals surface area (Å²) in [5.41, 5.74) is 10.7. The Labute approximate surface area is 232 Å². The van der Waals surface area contributed by atoms with E-state index in [1.807, 2.05) is 25.1 Å². The molecule has 2 atom stereocenters. The zero-order valence-corrected chi connectivity index (χ0v) is 23.7. The van der Waals surface area contributed by atoms with Crippen molar-refractivity contribution in [2.75, 3.05) is 43.7 Å². The molecule has 6 N–H and O–H groups in total. The molecule has 9 nitrogen and oxygen atoms in total. The summed E-state index contributed by atoms with van der Waals surface area (Å²) in [6.07, 6.45) is -0.124. The van der Waals surface area contributed by atoms with Gasteiger partial charge < -0.3 is 35.5 Å². The second-order valence-corrected chi connectivity index (χ2v) is 10.5. The number of ether oxygens (including phenoxy) is 2. The number of benzene rings is 3. The molecule has 2 unspecified atom stereocenters. The molecule has 11 heteroatoms. The molecule has 37 heavy (non-hydrogen) atoms. The Hall–Kier alpha value is -3.03. The lowest BCUT2D eigenvalue weighted by Gasteiger charge is -2.21. The van der Waals surface area contributed by atoms with E-state index in [0.717, 1.165) is 25.9 Å². The first-order valence-corrected chi connectivity index (χ1v) is 13.6. The van der Waals surface area contributed by atoms with Gasteiger partial charge in [0.1, 0.15) is 23.0 Å². The summed E-state index contributed by atoms with van der Waals surface area (Å²) in [7, 11) is 3.28. The minimum absolute atomic E-state index is 0.124. The molecule has 3 aromatic carbocycles. The van der Waals surface area contributed by atoms with Crippen LogP contribution in [0.3, 0.4) is 0 Å². The second-order valence-electron chi connectivity index (χ2n) is 8.28. The lowest BCUT2D eigenvalue weighted by atomic mass is 9.87. The highest BCUT2D eigenvalue weighted by molar-refractivity contribution is 14.1. The molecule has 198 valence electrons. The highest BCUT2D eigenvalue weighted by Gasteiger charge is 2.22. The Morgan fingerprint density at radius 2 is 1.89 bits per heavy atom. The summed E-state index contributed by atoms with van der Waals surface area (Å²) in [5.74, 6) is -0.495. The fourth-order valence-electron chi connectivity index (χ4n) is 4.02. The van der Waals surface area contributed by atoms with Crippen LogP contribution in [0.5, 0.6) is 11.5 Å². The van der Waals surface area contributed by atoms with E-state index in [4.69, 9.17) is 15.2 Å². The number of nitrogens with one attached hydrogen (secondary N) is 2. The van der Waals surface area contributed by atoms with Crippen LogP contribution < -0.4 is 25.8 Å². The van der Waals surface area contributed by atoms with Crippen LogP contribution in [0.15, 0.2) is 53.4 Å². The maximum absolute atomic E-state index is 11.8. The molecule has 0 saturated carbocycles. The van der Waals surface area contributed by atoms with Gasteiger partial charge in [-0.25, -0.2) is 4.21 Å². The van der Waals surface area contributed by atoms with Gasteiger partial charge in [0.25, 0.3) is 0 Å². The van der Waals surface area contributed by atoms with Gasteiger partial charge in [0.15, 0.2) is 11.1 Å². The highest BCUT2D eigenvalue weighted by Crippen LogP contribution is 2.38. The van der Waals surface area contributed by atoms with Gasteiger partial charge in [0.05, 0.1) is 24.9 Å². The monoisotopic (exact) mass is 639 g/mol. The molecule has 0 fully saturated rings. The van der Waals surface area contributed by atoms with Gasteiger partial charge in [-0.2, -0.15) is 0 Å². The van der Waals surface area contributed by atoms with Crippen LogP contribution in [0.2, 0.25) is 0 Å². The lowest BCUT2D eigenvalue weighted by Crippen LogP contribution is -2.14. The van der Waals surface area contributed by atoms with Crippen LogP contribution in [0.25, 0.3) is 0 Å². The van der Waals surface area contributed by atoms with Crippen molar-refractivity contribution >= 4 is 56.7 Å². The number of halogens is 1. The topological polar surface area (TPSA) is 143 Å². The summed E-state index contributed by atoms with van der Waals surface area (Å²) in [6.45, 7) is 2.63. The Bertz CT molecular complexity index is 1300. The number of anilines is 3. The van der Waals surface area contributed by atoms with Crippen molar-refractivity contribution in [3.63, 3.8) is 0 Å². The first-order valence-electron chi connectivity index (χ1n) is 11.4. The number of methoxy groups -OCH3 is 1. The van der Waals surface area contributed by atoms with E-state index in [0.29, 0.717) is 29.4 Å². The number of carboxylic acid groups (broad SMARTS) is 1. The number of nitrogen functional groups attached to an aromatic ring is 1. The van der Waals surface area contributed by atoms with Crippen molar-refractivity contribution in [3.05, 3.63) is 68.8 Å². The molecule has 0 bridgehead atoms. The fourth-order valence-corrected chi connectivity index (χ4v) is 5.25. The number of aliphatic carboxylic acids is 1. The Balaban J connectivity index is 1.82. The molecule has 0 aromatic heterocycles. The number of hydrogen-bond donors (Lipinski definition) is 5. The summed E-state index contributed by atoms with van der Waals surface area (Å²) in [4.78, 5) is 12.0. The van der Waals surface area contributed by atoms with E-state index < -0.39 is 23.0 Å². The van der Waals surface area contributed by atoms with E-state index in [1.54, 1.807) is 44.5 Å². The van der Waals surface area contributed by atoms with Gasteiger partial charge in [-0.3, -0.25) is 4.79 Å². The first kappa shape index (κ1) is 28.5. The third-order valence-electron chi connectivity index (χ3n) is 5.84. The quantitative estimate of drug-likeness (QED) is 0.0809. The molecule has 0 aliphatic heterocycles. The molecule has 0 radical (unpaired) electrons. The number of rotatable bonds is 12. The van der Waals surface area contributed by atoms with Gasteiger partial charge in [-0.1, -0.05) is 12.1 Å². The molecule has 0 spiro atoms. The minimum Gasteiger partial charge on any atom is -0.494 e. The number of hydrogen-bond acceptors (Lipinski definition) is 7. The Kier molecular flexibility index (Phi) is 10.0. The second kappa shape index (κ2) is 13.0. The molecule has 0 heterocycles. The Morgan fingerprint density at radius 1 is 1.14 bits per heavy atom. The average Bonchev–Trinajstić information content (AvgIpc) is 2.86. The molecular weight excluding hydrogens is 609 g/mol. The summed E-state index contributed by atoms with van der Waals surface area (Å²) < 4.78 is 33.2. The number of aryl methyl sites for hydroxylation is 1. The molecule has 3 rings (SSSR count). The number of carboxylic acids is 1. The van der Waals surface area contributed by atoms with Crippen LogP contribution in [0.1, 0.15) is 29.0 Å². The minimum atomic E-state index is -2.15. The van der Waals surface area contributed by atoms with Gasteiger partial charge in [0.2, 0.25) is 0 Å². The fraction of sp³-hybridized carbons (Fsp3) is 0.269. The third kappa shape index (κ3) is 7.27. The molecular formula is C26H30IN3O6S. The molecule has 0 aliphatic rings. The van der Waals surface area contributed by atoms with E-state index in [1.165, 1.54) is 0 Å². The zero-order chi connectivity index (χ0) is 27.1. The van der Waals surface area contributed by atoms with Crippen LogP contribution in [0.4, 0.5) is 17.1 Å². The zero-order valence-electron chi connectivity index (χ0n) is 20.7. The maximum Gasteiger partial charge on any atom is 0.304 e. The van der Waals surface area contributed by atoms with Crippen LogP contribution in [-0.4, -0.2) is 47.1 Å². The van der Waals surface area contributed by atoms with E-state index in [9.17, 15) is 18.7 Å². The van der Waals surface area contributed by atoms with Gasteiger partial charge in [-0.05, 0) is 82.6 Å². The van der Waals surface area contributed by atoms with Gasteiger partial charge in [-0.15, -0.1) is 0 Å². The van der Waals surface area contributed by atoms with Crippen molar-refractivity contribution in [1.82, 2.24) is 0 Å².